The molecule has 1 heterocycles. The van der Waals surface area contributed by atoms with Crippen molar-refractivity contribution in [2.75, 3.05) is 0 Å². The van der Waals surface area contributed by atoms with Gasteiger partial charge in [0, 0.05) is 19.4 Å². The fourth-order valence-corrected chi connectivity index (χ4v) is 2.05. The van der Waals surface area contributed by atoms with Crippen LogP contribution in [0.5, 0.6) is 0 Å². The summed E-state index contributed by atoms with van der Waals surface area (Å²) in [6.07, 6.45) is 2.13. The van der Waals surface area contributed by atoms with Gasteiger partial charge in [0.1, 0.15) is 18.3 Å². The lowest BCUT2D eigenvalue weighted by atomic mass is 10.0. The van der Waals surface area contributed by atoms with Gasteiger partial charge in [0.25, 0.3) is 0 Å². The van der Waals surface area contributed by atoms with Gasteiger partial charge in [-0.25, -0.2) is 4.79 Å². The largest absolute Gasteiger partial charge is 0.459 e. The van der Waals surface area contributed by atoms with E-state index in [4.69, 9.17) is 14.2 Å². The van der Waals surface area contributed by atoms with Gasteiger partial charge in [-0.3, -0.25) is 9.59 Å². The lowest BCUT2D eigenvalue weighted by molar-refractivity contribution is -0.163. The molecule has 1 N–H and O–H groups in total. The number of aliphatic hydroxyl groups is 1. The summed E-state index contributed by atoms with van der Waals surface area (Å²) < 4.78 is 15.4. The average molecular weight is 326 g/mol. The van der Waals surface area contributed by atoms with E-state index in [0.29, 0.717) is 0 Å². The van der Waals surface area contributed by atoms with E-state index in [0.717, 1.165) is 0 Å². The third kappa shape index (κ3) is 6.65. The number of ether oxygens (including phenoxy) is 3. The van der Waals surface area contributed by atoms with Gasteiger partial charge in [0.15, 0.2) is 6.10 Å². The van der Waals surface area contributed by atoms with Crippen molar-refractivity contribution < 1.29 is 33.7 Å². The van der Waals surface area contributed by atoms with E-state index in [1.54, 1.807) is 13.8 Å². The number of esters is 3. The quantitative estimate of drug-likeness (QED) is 0.358. The van der Waals surface area contributed by atoms with E-state index in [1.807, 2.05) is 0 Å². The molecular weight excluding hydrogens is 304 g/mol. The lowest BCUT2D eigenvalue weighted by Crippen LogP contribution is -2.35. The maximum Gasteiger partial charge on any atom is 0.331 e. The Morgan fingerprint density at radius 1 is 1.35 bits per heavy atom. The van der Waals surface area contributed by atoms with E-state index in [-0.39, 0.29) is 12.8 Å². The number of allylic oxidation sites excluding steroid dienone is 1. The Morgan fingerprint density at radius 3 is 2.65 bits per heavy atom. The molecule has 0 aromatic heterocycles. The molecule has 0 radical (unpaired) electrons. The van der Waals surface area contributed by atoms with Gasteiger partial charge in [0.2, 0.25) is 0 Å². The maximum absolute atomic E-state index is 11.8. The number of carbonyl (C=O) groups excluding carboxylic acids is 3. The van der Waals surface area contributed by atoms with Crippen LogP contribution < -0.4 is 0 Å². The minimum absolute atomic E-state index is 0.0251. The summed E-state index contributed by atoms with van der Waals surface area (Å²) in [5.41, 5.74) is 0. The second-order valence-electron chi connectivity index (χ2n) is 5.16. The molecule has 0 aromatic carbocycles. The molecule has 1 aliphatic heterocycles. The van der Waals surface area contributed by atoms with E-state index < -0.39 is 42.3 Å². The summed E-state index contributed by atoms with van der Waals surface area (Å²) in [5, 5.41) is 10.1. The van der Waals surface area contributed by atoms with Gasteiger partial charge in [-0.15, -0.1) is 0 Å². The fourth-order valence-electron chi connectivity index (χ4n) is 2.05. The van der Waals surface area contributed by atoms with Crippen molar-refractivity contribution in [3.8, 4) is 0 Å². The number of aliphatic hydroxyl groups excluding tert-OH is 1. The second-order valence-corrected chi connectivity index (χ2v) is 5.16. The molecule has 128 valence electrons. The second kappa shape index (κ2) is 9.09. The van der Waals surface area contributed by atoms with Crippen molar-refractivity contribution in [1.82, 2.24) is 0 Å². The highest BCUT2D eigenvalue weighted by molar-refractivity contribution is 5.82. The predicted molar refractivity (Wildman–Crippen MR) is 80.2 cm³/mol. The predicted octanol–water partition coefficient (Wildman–Crippen LogP) is 1.05. The van der Waals surface area contributed by atoms with E-state index in [9.17, 15) is 19.5 Å². The van der Waals surface area contributed by atoms with Crippen LogP contribution in [0.15, 0.2) is 24.3 Å². The van der Waals surface area contributed by atoms with Gasteiger partial charge in [-0.05, 0) is 26.3 Å². The summed E-state index contributed by atoms with van der Waals surface area (Å²) in [6.45, 7) is 4.48. The van der Waals surface area contributed by atoms with Crippen molar-refractivity contribution in [2.45, 2.75) is 58.0 Å². The molecule has 7 heteroatoms. The van der Waals surface area contributed by atoms with Crippen LogP contribution in [0.25, 0.3) is 0 Å². The van der Waals surface area contributed by atoms with Crippen LogP contribution >= 0.6 is 0 Å². The van der Waals surface area contributed by atoms with Crippen LogP contribution in [0.1, 0.15) is 33.6 Å². The molecule has 0 saturated carbocycles. The normalized spacial score (nSPS) is 30.3. The number of hydrogen-bond donors (Lipinski definition) is 1. The van der Waals surface area contributed by atoms with Crippen LogP contribution in [-0.4, -0.2) is 47.4 Å². The maximum atomic E-state index is 11.8. The fraction of sp³-hybridized carbons (Fsp3) is 0.562. The summed E-state index contributed by atoms with van der Waals surface area (Å²) >= 11 is 0. The van der Waals surface area contributed by atoms with Crippen LogP contribution in [0.4, 0.5) is 0 Å². The lowest BCUT2D eigenvalue weighted by Gasteiger charge is -2.25. The first kappa shape index (κ1) is 18.9. The molecule has 0 aromatic rings. The van der Waals surface area contributed by atoms with Gasteiger partial charge in [0.05, 0.1) is 0 Å². The first-order valence-electron chi connectivity index (χ1n) is 7.40. The molecular formula is C16H22O7. The van der Waals surface area contributed by atoms with Crippen LogP contribution in [0.3, 0.4) is 0 Å². The van der Waals surface area contributed by atoms with Crippen LogP contribution in [0.2, 0.25) is 0 Å². The molecule has 0 saturated heterocycles. The van der Waals surface area contributed by atoms with Crippen molar-refractivity contribution in [3.05, 3.63) is 24.3 Å². The summed E-state index contributed by atoms with van der Waals surface area (Å²) in [5.74, 6) is -1.67. The minimum atomic E-state index is -1.11. The van der Waals surface area contributed by atoms with Crippen molar-refractivity contribution in [2.24, 2.45) is 0 Å². The third-order valence-corrected chi connectivity index (χ3v) is 3.16. The number of rotatable bonds is 3. The molecule has 0 aliphatic carbocycles. The molecule has 1 aliphatic rings. The molecule has 0 spiro atoms. The van der Waals surface area contributed by atoms with Crippen LogP contribution in [0, 0.1) is 0 Å². The highest BCUT2D eigenvalue weighted by Crippen LogP contribution is 2.16. The molecule has 4 atom stereocenters. The van der Waals surface area contributed by atoms with Gasteiger partial charge in [-0.1, -0.05) is 12.2 Å². The van der Waals surface area contributed by atoms with Gasteiger partial charge < -0.3 is 19.3 Å². The highest BCUT2D eigenvalue weighted by atomic mass is 16.6. The topological polar surface area (TPSA) is 99.1 Å². The number of hydrogen-bond acceptors (Lipinski definition) is 7. The molecule has 0 fully saturated rings. The zero-order valence-electron chi connectivity index (χ0n) is 13.4. The Balaban J connectivity index is 2.93. The minimum Gasteiger partial charge on any atom is -0.459 e. The summed E-state index contributed by atoms with van der Waals surface area (Å²) in [4.78, 5) is 34.4. The van der Waals surface area contributed by atoms with Crippen molar-refractivity contribution >= 4 is 17.9 Å². The van der Waals surface area contributed by atoms with Gasteiger partial charge >= 0.3 is 17.9 Å². The first-order valence-corrected chi connectivity index (χ1v) is 7.40. The van der Waals surface area contributed by atoms with E-state index in [2.05, 4.69) is 0 Å². The molecule has 7 nitrogen and oxygen atoms in total. The Morgan fingerprint density at radius 2 is 2.04 bits per heavy atom. The molecule has 0 unspecified atom stereocenters. The van der Waals surface area contributed by atoms with E-state index >= 15 is 0 Å². The van der Waals surface area contributed by atoms with Gasteiger partial charge in [-0.2, -0.15) is 0 Å². The smallest absolute Gasteiger partial charge is 0.331 e. The van der Waals surface area contributed by atoms with E-state index in [1.165, 1.54) is 31.2 Å². The Hall–Kier alpha value is -2.15. The molecule has 23 heavy (non-hydrogen) atoms. The van der Waals surface area contributed by atoms with Crippen molar-refractivity contribution in [3.63, 3.8) is 0 Å². The Bertz CT molecular complexity index is 495. The zero-order chi connectivity index (χ0) is 17.4. The number of carbonyl (C=O) groups is 3. The zero-order valence-corrected chi connectivity index (χ0v) is 13.4. The molecule has 0 bridgehead atoms. The first-order chi connectivity index (χ1) is 10.8. The van der Waals surface area contributed by atoms with Crippen molar-refractivity contribution in [1.29, 1.82) is 0 Å². The van der Waals surface area contributed by atoms with Crippen LogP contribution in [-0.2, 0) is 28.6 Å². The standard InChI is InChI=1S/C16H22O7/c1-4-5-15(19)23-13-7-6-12(18)14(22-11(3)17)8-9-16(20)21-10(13)2/h4-7,10,12-14,18H,8-9H2,1-3H3/b5-4+,7-6+/t10-,12-,13+,14+/m0/s1. The summed E-state index contributed by atoms with van der Waals surface area (Å²) in [6, 6.07) is 0. The monoisotopic (exact) mass is 326 g/mol. The molecule has 0 amide bonds. The highest BCUT2D eigenvalue weighted by Gasteiger charge is 2.27. The average Bonchev–Trinajstić information content (AvgIpc) is 2.46. The number of cyclic esters (lactones) is 1. The Labute approximate surface area is 134 Å². The molecule has 1 rings (SSSR count). The summed E-state index contributed by atoms with van der Waals surface area (Å²) in [7, 11) is 0. The third-order valence-electron chi connectivity index (χ3n) is 3.16. The SMILES string of the molecule is C/C=C/C(=O)O[C@@H]1/C=C/[C@H](O)[C@H](OC(C)=O)CCC(=O)O[C@H]1C. The Kier molecular flexibility index (Phi) is 7.47.